The number of benzene rings is 1. The molecule has 0 radical (unpaired) electrons. The number of alkyl halides is 1. The summed E-state index contributed by atoms with van der Waals surface area (Å²) in [6, 6.07) is 8.45. The van der Waals surface area contributed by atoms with Crippen LogP contribution in [0.5, 0.6) is 0 Å². The average molecular weight is 212 g/mol. The van der Waals surface area contributed by atoms with Crippen LogP contribution < -0.4 is 5.32 Å². The fraction of sp³-hybridized carbons (Fsp3) is 0.500. The minimum absolute atomic E-state index is 0.542. The largest absolute Gasteiger partial charge is 0.312 e. The third-order valence-corrected chi connectivity index (χ3v) is 2.86. The van der Waals surface area contributed by atoms with Crippen LogP contribution in [0.3, 0.4) is 0 Å². The molecule has 1 rings (SSSR count). The van der Waals surface area contributed by atoms with Gasteiger partial charge in [-0.2, -0.15) is 0 Å². The molecule has 0 heterocycles. The van der Waals surface area contributed by atoms with Crippen molar-refractivity contribution in [2.75, 3.05) is 12.4 Å². The quantitative estimate of drug-likeness (QED) is 0.739. The SMILES string of the molecule is Cc1ccccc1CNCC(C)CCl. The van der Waals surface area contributed by atoms with Gasteiger partial charge < -0.3 is 5.32 Å². The van der Waals surface area contributed by atoms with E-state index in [0.717, 1.165) is 19.0 Å². The zero-order valence-corrected chi connectivity index (χ0v) is 9.64. The van der Waals surface area contributed by atoms with Gasteiger partial charge in [-0.3, -0.25) is 0 Å². The molecule has 0 saturated carbocycles. The summed E-state index contributed by atoms with van der Waals surface area (Å²) < 4.78 is 0. The average Bonchev–Trinajstić information content (AvgIpc) is 2.20. The van der Waals surface area contributed by atoms with E-state index < -0.39 is 0 Å². The third kappa shape index (κ3) is 3.69. The van der Waals surface area contributed by atoms with Gasteiger partial charge in [0.2, 0.25) is 0 Å². The zero-order chi connectivity index (χ0) is 10.4. The molecule has 14 heavy (non-hydrogen) atoms. The van der Waals surface area contributed by atoms with Crippen molar-refractivity contribution in [3.05, 3.63) is 35.4 Å². The van der Waals surface area contributed by atoms with Crippen LogP contribution in [-0.4, -0.2) is 12.4 Å². The summed E-state index contributed by atoms with van der Waals surface area (Å²) in [4.78, 5) is 0. The van der Waals surface area contributed by atoms with Crippen molar-refractivity contribution in [1.82, 2.24) is 5.32 Å². The van der Waals surface area contributed by atoms with Crippen molar-refractivity contribution in [2.24, 2.45) is 5.92 Å². The first-order chi connectivity index (χ1) is 6.74. The number of rotatable bonds is 5. The summed E-state index contributed by atoms with van der Waals surface area (Å²) in [5.74, 6) is 1.27. The smallest absolute Gasteiger partial charge is 0.0261 e. The Balaban J connectivity index is 2.35. The van der Waals surface area contributed by atoms with Crippen LogP contribution in [0.2, 0.25) is 0 Å². The van der Waals surface area contributed by atoms with E-state index in [9.17, 15) is 0 Å². The molecule has 1 aromatic rings. The highest BCUT2D eigenvalue weighted by Gasteiger charge is 2.00. The second-order valence-electron chi connectivity index (χ2n) is 3.82. The van der Waals surface area contributed by atoms with Gasteiger partial charge in [0.15, 0.2) is 0 Å². The highest BCUT2D eigenvalue weighted by atomic mass is 35.5. The molecule has 0 aliphatic heterocycles. The van der Waals surface area contributed by atoms with E-state index in [4.69, 9.17) is 11.6 Å². The second-order valence-corrected chi connectivity index (χ2v) is 4.13. The van der Waals surface area contributed by atoms with Crippen molar-refractivity contribution in [3.63, 3.8) is 0 Å². The van der Waals surface area contributed by atoms with Crippen LogP contribution in [0, 0.1) is 12.8 Å². The van der Waals surface area contributed by atoms with Gasteiger partial charge in [0, 0.05) is 12.4 Å². The Morgan fingerprint density at radius 3 is 2.71 bits per heavy atom. The highest BCUT2D eigenvalue weighted by Crippen LogP contribution is 2.06. The number of nitrogens with one attached hydrogen (secondary N) is 1. The minimum Gasteiger partial charge on any atom is -0.312 e. The maximum absolute atomic E-state index is 5.73. The number of halogens is 1. The van der Waals surface area contributed by atoms with E-state index >= 15 is 0 Å². The van der Waals surface area contributed by atoms with Gasteiger partial charge in [0.1, 0.15) is 0 Å². The molecule has 0 aromatic heterocycles. The van der Waals surface area contributed by atoms with Gasteiger partial charge in [-0.05, 0) is 30.5 Å². The van der Waals surface area contributed by atoms with Gasteiger partial charge in [-0.15, -0.1) is 11.6 Å². The molecule has 1 unspecified atom stereocenters. The molecule has 1 N–H and O–H groups in total. The second kappa shape index (κ2) is 6.05. The van der Waals surface area contributed by atoms with Crippen LogP contribution in [0.15, 0.2) is 24.3 Å². The van der Waals surface area contributed by atoms with Crippen LogP contribution in [0.4, 0.5) is 0 Å². The van der Waals surface area contributed by atoms with Crippen LogP contribution in [0.1, 0.15) is 18.1 Å². The Kier molecular flexibility index (Phi) is 4.99. The molecule has 0 bridgehead atoms. The Bertz CT molecular complexity index is 273. The predicted octanol–water partition coefficient (Wildman–Crippen LogP) is 2.96. The molecule has 1 nitrogen and oxygen atoms in total. The van der Waals surface area contributed by atoms with Crippen molar-refractivity contribution < 1.29 is 0 Å². The van der Waals surface area contributed by atoms with Crippen LogP contribution in [0.25, 0.3) is 0 Å². The summed E-state index contributed by atoms with van der Waals surface area (Å²) >= 11 is 5.73. The van der Waals surface area contributed by atoms with E-state index in [1.807, 2.05) is 0 Å². The van der Waals surface area contributed by atoms with Gasteiger partial charge in [-0.25, -0.2) is 0 Å². The number of hydrogen-bond acceptors (Lipinski definition) is 1. The Hall–Kier alpha value is -0.530. The summed E-state index contributed by atoms with van der Waals surface area (Å²) in [7, 11) is 0. The van der Waals surface area contributed by atoms with E-state index in [1.54, 1.807) is 0 Å². The molecule has 0 aliphatic carbocycles. The van der Waals surface area contributed by atoms with Gasteiger partial charge >= 0.3 is 0 Å². The highest BCUT2D eigenvalue weighted by molar-refractivity contribution is 6.18. The first kappa shape index (κ1) is 11.5. The van der Waals surface area contributed by atoms with E-state index in [0.29, 0.717) is 5.92 Å². The Morgan fingerprint density at radius 2 is 2.07 bits per heavy atom. The van der Waals surface area contributed by atoms with E-state index in [2.05, 4.69) is 43.4 Å². The van der Waals surface area contributed by atoms with Crippen LogP contribution in [-0.2, 0) is 6.54 Å². The molecule has 1 aromatic carbocycles. The first-order valence-electron chi connectivity index (χ1n) is 5.05. The topological polar surface area (TPSA) is 12.0 Å². The number of aryl methyl sites for hydroxylation is 1. The third-order valence-electron chi connectivity index (χ3n) is 2.33. The van der Waals surface area contributed by atoms with Crippen molar-refractivity contribution >= 4 is 11.6 Å². The molecular formula is C12H18ClN. The van der Waals surface area contributed by atoms with Crippen molar-refractivity contribution in [3.8, 4) is 0 Å². The van der Waals surface area contributed by atoms with Gasteiger partial charge in [0.25, 0.3) is 0 Å². The normalized spacial score (nSPS) is 12.8. The molecule has 0 spiro atoms. The fourth-order valence-electron chi connectivity index (χ4n) is 1.32. The molecule has 78 valence electrons. The maximum atomic E-state index is 5.73. The van der Waals surface area contributed by atoms with Gasteiger partial charge in [-0.1, -0.05) is 31.2 Å². The molecule has 1 atom stereocenters. The molecule has 0 saturated heterocycles. The lowest BCUT2D eigenvalue weighted by Crippen LogP contribution is -2.21. The predicted molar refractivity (Wildman–Crippen MR) is 62.8 cm³/mol. The Morgan fingerprint density at radius 1 is 1.36 bits per heavy atom. The molecule has 0 amide bonds. The van der Waals surface area contributed by atoms with E-state index in [-0.39, 0.29) is 0 Å². The van der Waals surface area contributed by atoms with Crippen LogP contribution >= 0.6 is 11.6 Å². The summed E-state index contributed by atoms with van der Waals surface area (Å²) in [6.45, 7) is 6.21. The lowest BCUT2D eigenvalue weighted by Gasteiger charge is -2.10. The summed E-state index contributed by atoms with van der Waals surface area (Å²) in [5.41, 5.74) is 2.72. The molecule has 2 heteroatoms. The monoisotopic (exact) mass is 211 g/mol. The van der Waals surface area contributed by atoms with Gasteiger partial charge in [0.05, 0.1) is 0 Å². The lowest BCUT2D eigenvalue weighted by atomic mass is 10.1. The first-order valence-corrected chi connectivity index (χ1v) is 5.58. The molecule has 0 aliphatic rings. The van der Waals surface area contributed by atoms with E-state index in [1.165, 1.54) is 11.1 Å². The summed E-state index contributed by atoms with van der Waals surface area (Å²) in [6.07, 6.45) is 0. The maximum Gasteiger partial charge on any atom is 0.0261 e. The Labute approximate surface area is 91.5 Å². The fourth-order valence-corrected chi connectivity index (χ4v) is 1.43. The minimum atomic E-state index is 0.542. The lowest BCUT2D eigenvalue weighted by molar-refractivity contribution is 0.556. The molecule has 0 fully saturated rings. The van der Waals surface area contributed by atoms with Crippen molar-refractivity contribution in [1.29, 1.82) is 0 Å². The summed E-state index contributed by atoms with van der Waals surface area (Å²) in [5, 5.41) is 3.41. The zero-order valence-electron chi connectivity index (χ0n) is 8.89. The standard InChI is InChI=1S/C12H18ClN/c1-10(7-13)8-14-9-12-6-4-3-5-11(12)2/h3-6,10,14H,7-9H2,1-2H3. The number of hydrogen-bond donors (Lipinski definition) is 1. The van der Waals surface area contributed by atoms with Crippen molar-refractivity contribution in [2.45, 2.75) is 20.4 Å². The molecular weight excluding hydrogens is 194 g/mol.